The maximum Gasteiger partial charge on any atom is 0.160 e. The minimum Gasteiger partial charge on any atom is -0.456 e. The minimum absolute atomic E-state index is 0.0717. The fraction of sp³-hybridized carbons (Fsp3) is 0. The molecule has 0 aliphatic rings. The van der Waals surface area contributed by atoms with Crippen molar-refractivity contribution in [3.63, 3.8) is 0 Å². The van der Waals surface area contributed by atoms with Gasteiger partial charge in [0, 0.05) is 44.5 Å². The maximum atomic E-state index is 9.37. The number of furan rings is 1. The van der Waals surface area contributed by atoms with Gasteiger partial charge in [0.1, 0.15) is 11.2 Å². The highest BCUT2D eigenvalue weighted by molar-refractivity contribution is 6.13. The van der Waals surface area contributed by atoms with Gasteiger partial charge in [0.05, 0.1) is 30.6 Å². The first kappa shape index (κ1) is 21.4. The lowest BCUT2D eigenvalue weighted by atomic mass is 9.97. The van der Waals surface area contributed by atoms with Crippen LogP contribution in [0.5, 0.6) is 0 Å². The van der Waals surface area contributed by atoms with Crippen molar-refractivity contribution in [2.24, 2.45) is 0 Å². The van der Waals surface area contributed by atoms with E-state index in [1.807, 2.05) is 103 Å². The van der Waals surface area contributed by atoms with Gasteiger partial charge in [0.15, 0.2) is 5.82 Å². The molecule has 2 heterocycles. The van der Waals surface area contributed by atoms with Crippen molar-refractivity contribution in [3.8, 4) is 56.2 Å². The number of aromatic nitrogens is 2. The third-order valence-corrected chi connectivity index (χ3v) is 9.35. The van der Waals surface area contributed by atoms with Crippen LogP contribution in [0.25, 0.3) is 78.1 Å². The Morgan fingerprint density at radius 3 is 1.70 bits per heavy atom. The largest absolute Gasteiger partial charge is 0.456 e. The smallest absolute Gasteiger partial charge is 0.160 e. The molecule has 0 aliphatic heterocycles. The zero-order valence-corrected chi connectivity index (χ0v) is 29.4. The van der Waals surface area contributed by atoms with Crippen LogP contribution in [-0.2, 0) is 0 Å². The maximum absolute atomic E-state index is 9.37. The number of hydrogen-bond donors (Lipinski definition) is 0. The molecule has 0 saturated heterocycles. The predicted molar refractivity (Wildman–Crippen MR) is 231 cm³/mol. The third-order valence-electron chi connectivity index (χ3n) is 9.35. The van der Waals surface area contributed by atoms with Crippen molar-refractivity contribution in [2.75, 3.05) is 4.90 Å². The fourth-order valence-electron chi connectivity index (χ4n) is 6.73. The SMILES string of the molecule is [2H]c1c([2H])c([2H])c(-c2c([2H])c([2H])c(N(c3ccc4oc5cccc(-c6ccc(-c7cc(-c8ccccc8)nc(-c8ccccc8)n7)cc6)c5c4c3)c3c([2H])c([2H])c([2H])c([2H])c3[2H])c([2H])c2[2H])c([2H])c1[2H]. The van der Waals surface area contributed by atoms with Crippen molar-refractivity contribution in [1.82, 2.24) is 9.97 Å². The zero-order chi connectivity index (χ0) is 49.4. The van der Waals surface area contributed by atoms with E-state index in [-0.39, 0.29) is 5.69 Å². The molecule has 0 atom stereocenters. The number of fused-ring (bicyclic) bond motifs is 3. The number of hydrogen-bond acceptors (Lipinski definition) is 4. The van der Waals surface area contributed by atoms with E-state index in [4.69, 9.17) is 28.1 Å². The first-order chi connectivity index (χ1) is 33.6. The summed E-state index contributed by atoms with van der Waals surface area (Å²) in [4.78, 5) is 10.9. The summed E-state index contributed by atoms with van der Waals surface area (Å²) < 4.78 is 129. The van der Waals surface area contributed by atoms with Gasteiger partial charge in [0.2, 0.25) is 0 Å². The van der Waals surface area contributed by atoms with E-state index in [2.05, 4.69) is 0 Å². The van der Waals surface area contributed by atoms with Crippen LogP contribution in [0.4, 0.5) is 17.1 Å². The summed E-state index contributed by atoms with van der Waals surface area (Å²) in [5.41, 5.74) is 4.48. The van der Waals surface area contributed by atoms with Crippen molar-refractivity contribution in [3.05, 3.63) is 212 Å². The predicted octanol–water partition coefficient (Wildman–Crippen LogP) is 14.2. The molecule has 56 heavy (non-hydrogen) atoms. The van der Waals surface area contributed by atoms with Crippen LogP contribution in [0.2, 0.25) is 0 Å². The van der Waals surface area contributed by atoms with Gasteiger partial charge < -0.3 is 9.32 Å². The molecule has 0 radical (unpaired) electrons. The first-order valence-corrected chi connectivity index (χ1v) is 17.7. The molecule has 10 rings (SSSR count). The van der Waals surface area contributed by atoms with Crippen molar-refractivity contribution < 1.29 is 23.6 Å². The van der Waals surface area contributed by atoms with Crippen molar-refractivity contribution >= 4 is 39.0 Å². The van der Waals surface area contributed by atoms with Crippen molar-refractivity contribution in [1.29, 1.82) is 0 Å². The van der Waals surface area contributed by atoms with Crippen LogP contribution in [0.1, 0.15) is 19.2 Å². The molecule has 0 N–H and O–H groups in total. The number of para-hydroxylation sites is 1. The van der Waals surface area contributed by atoms with Gasteiger partial charge in [-0.05, 0) is 76.8 Å². The van der Waals surface area contributed by atoms with Crippen LogP contribution in [0, 0.1) is 0 Å². The summed E-state index contributed by atoms with van der Waals surface area (Å²) in [6.07, 6.45) is 0. The molecular weight excluding hydrogens is 683 g/mol. The Morgan fingerprint density at radius 1 is 0.411 bits per heavy atom. The van der Waals surface area contributed by atoms with Crippen LogP contribution >= 0.6 is 0 Å². The number of rotatable bonds is 8. The van der Waals surface area contributed by atoms with Gasteiger partial charge in [-0.3, -0.25) is 0 Å². The van der Waals surface area contributed by atoms with E-state index in [1.54, 1.807) is 18.2 Å². The first-order valence-electron chi connectivity index (χ1n) is 24.7. The van der Waals surface area contributed by atoms with E-state index in [9.17, 15) is 5.48 Å². The summed E-state index contributed by atoms with van der Waals surface area (Å²) in [5.74, 6) is 0.571. The standard InChI is InChI=1S/C52H35N3O/c1-5-14-36(15-6-1)37-28-30-43(31-29-37)55(42-20-11-4-12-21-42)44-32-33-49-46(34-44)51-45(22-13-23-50(51)56-49)38-24-26-40(27-25-38)48-35-47(39-16-7-2-8-17-39)53-52(54-48)41-18-9-3-10-19-41/h1-35H/i1D,4D,5D,6D,11D,12D,14D,15D,20D,21D,28D,29D,30D,31D. The average molecular weight is 732 g/mol. The molecule has 0 spiro atoms. The lowest BCUT2D eigenvalue weighted by Gasteiger charge is -2.25. The molecule has 4 heteroatoms. The number of benzene rings is 8. The molecule has 0 bridgehead atoms. The Balaban J connectivity index is 1.15. The van der Waals surface area contributed by atoms with E-state index < -0.39 is 107 Å². The molecule has 2 aromatic heterocycles. The molecule has 0 aliphatic carbocycles. The Kier molecular flexibility index (Phi) is 5.47. The van der Waals surface area contributed by atoms with Crippen LogP contribution < -0.4 is 4.90 Å². The lowest BCUT2D eigenvalue weighted by Crippen LogP contribution is -2.09. The Hall–Kier alpha value is -7.56. The molecule has 8 aromatic carbocycles. The van der Waals surface area contributed by atoms with Crippen LogP contribution in [0.15, 0.2) is 216 Å². The molecular formula is C52H35N3O. The van der Waals surface area contributed by atoms with E-state index in [1.165, 1.54) is 6.07 Å². The van der Waals surface area contributed by atoms with Gasteiger partial charge in [-0.2, -0.15) is 0 Å². The summed E-state index contributed by atoms with van der Waals surface area (Å²) in [5, 5.41) is 1.15. The molecule has 0 fully saturated rings. The summed E-state index contributed by atoms with van der Waals surface area (Å²) in [7, 11) is 0. The zero-order valence-electron chi connectivity index (χ0n) is 43.4. The fourth-order valence-corrected chi connectivity index (χ4v) is 6.73. The van der Waals surface area contributed by atoms with E-state index >= 15 is 0 Å². The van der Waals surface area contributed by atoms with Gasteiger partial charge in [0.25, 0.3) is 0 Å². The molecule has 0 unspecified atom stereocenters. The van der Waals surface area contributed by atoms with Gasteiger partial charge >= 0.3 is 0 Å². The average Bonchev–Trinajstić information content (AvgIpc) is 3.77. The van der Waals surface area contributed by atoms with Gasteiger partial charge in [-0.15, -0.1) is 0 Å². The lowest BCUT2D eigenvalue weighted by molar-refractivity contribution is 0.669. The van der Waals surface area contributed by atoms with Crippen molar-refractivity contribution in [2.45, 2.75) is 0 Å². The monoisotopic (exact) mass is 731 g/mol. The molecule has 0 saturated carbocycles. The van der Waals surface area contributed by atoms with Gasteiger partial charge in [-0.1, -0.05) is 157 Å². The Morgan fingerprint density at radius 2 is 1.00 bits per heavy atom. The summed E-state index contributed by atoms with van der Waals surface area (Å²) in [6, 6.07) is 29.3. The summed E-state index contributed by atoms with van der Waals surface area (Å²) >= 11 is 0. The number of nitrogens with zero attached hydrogens (tertiary/aromatic N) is 3. The summed E-state index contributed by atoms with van der Waals surface area (Å²) in [6.45, 7) is 0. The Labute approximate surface area is 345 Å². The quantitative estimate of drug-likeness (QED) is 0.156. The Bertz CT molecular complexity index is 3630. The molecule has 10 aromatic rings. The number of anilines is 3. The second-order valence-electron chi connectivity index (χ2n) is 12.8. The van der Waals surface area contributed by atoms with Crippen LogP contribution in [-0.4, -0.2) is 9.97 Å². The highest BCUT2D eigenvalue weighted by Crippen LogP contribution is 2.42. The molecule has 264 valence electrons. The van der Waals surface area contributed by atoms with Crippen LogP contribution in [0.3, 0.4) is 0 Å². The highest BCUT2D eigenvalue weighted by atomic mass is 16.3. The second kappa shape index (κ2) is 14.3. The van der Waals surface area contributed by atoms with Gasteiger partial charge in [-0.25, -0.2) is 9.97 Å². The van der Waals surface area contributed by atoms with E-state index in [0.29, 0.717) is 33.5 Å². The second-order valence-corrected chi connectivity index (χ2v) is 12.8. The molecule has 4 nitrogen and oxygen atoms in total. The van der Waals surface area contributed by atoms with E-state index in [0.717, 1.165) is 38.4 Å². The normalized spacial score (nSPS) is 14.7. The topological polar surface area (TPSA) is 42.2 Å². The highest BCUT2D eigenvalue weighted by Gasteiger charge is 2.18. The minimum atomic E-state index is -0.790. The molecule has 0 amide bonds. The third kappa shape index (κ3) is 6.29.